The Morgan fingerprint density at radius 3 is 2.56 bits per heavy atom. The zero-order valence-corrected chi connectivity index (χ0v) is 23.5. The van der Waals surface area contributed by atoms with Gasteiger partial charge in [-0.25, -0.2) is 0 Å². The van der Waals surface area contributed by atoms with Crippen molar-refractivity contribution in [3.63, 3.8) is 0 Å². The molecule has 1 aromatic rings. The van der Waals surface area contributed by atoms with E-state index in [2.05, 4.69) is 59.2 Å². The predicted octanol–water partition coefficient (Wildman–Crippen LogP) is 6.41. The second-order valence-corrected chi connectivity index (χ2v) is 12.7. The fourth-order valence-corrected chi connectivity index (χ4v) is 9.21. The first-order valence-electron chi connectivity index (χ1n) is 15.0. The average molecular weight is 527 g/mol. The van der Waals surface area contributed by atoms with Crippen molar-refractivity contribution in [3.05, 3.63) is 52.6 Å². The number of oxime groups is 1. The summed E-state index contributed by atoms with van der Waals surface area (Å²) in [6.45, 7) is 6.10. The van der Waals surface area contributed by atoms with Crippen LogP contribution in [0.2, 0.25) is 0 Å². The Balaban J connectivity index is 1.47. The van der Waals surface area contributed by atoms with Gasteiger partial charge in [0.25, 0.3) is 0 Å². The quantitative estimate of drug-likeness (QED) is 0.271. The first kappa shape index (κ1) is 26.4. The summed E-state index contributed by atoms with van der Waals surface area (Å²) in [7, 11) is 0. The smallest absolute Gasteiger partial charge is 0.148 e. The fourth-order valence-electron chi connectivity index (χ4n) is 9.21. The van der Waals surface area contributed by atoms with E-state index in [0.29, 0.717) is 11.8 Å². The molecule has 5 nitrogen and oxygen atoms in total. The Bertz CT molecular complexity index is 1290. The van der Waals surface area contributed by atoms with E-state index in [4.69, 9.17) is 0 Å². The standard InChI is InChI=1S/C34H42N2O3/c1-23(38)34(16-6-20-37)17-15-31-29-13-9-25-21-26(35-39)10-14-28(25)32(29)30(22-33(31,34)2)24-7-11-27(12-8-24)36-18-4-3-5-19-36/h7-8,11-12,21,29-31,37,39H,3-5,9-10,13-15,17-20,22H2,1-2H3/t29-,30+,31-,33-,34+/m0/s1. The number of Topliss-reactive ketones (excluding diaryl/α,β-unsaturated/α-hetero) is 1. The minimum Gasteiger partial charge on any atom is -0.411 e. The van der Waals surface area contributed by atoms with Gasteiger partial charge in [0.2, 0.25) is 0 Å². The van der Waals surface area contributed by atoms with Crippen LogP contribution in [0.3, 0.4) is 0 Å². The lowest BCUT2D eigenvalue weighted by Gasteiger charge is -2.54. The van der Waals surface area contributed by atoms with Crippen molar-refractivity contribution in [3.8, 4) is 11.8 Å². The highest BCUT2D eigenvalue weighted by Crippen LogP contribution is 2.69. The van der Waals surface area contributed by atoms with Crippen molar-refractivity contribution in [1.29, 1.82) is 0 Å². The Labute approximate surface area is 233 Å². The highest BCUT2D eigenvalue weighted by atomic mass is 16.4. The van der Waals surface area contributed by atoms with E-state index in [1.165, 1.54) is 41.7 Å². The Morgan fingerprint density at radius 2 is 1.87 bits per heavy atom. The van der Waals surface area contributed by atoms with Crippen molar-refractivity contribution in [2.45, 2.75) is 84.0 Å². The molecular formula is C34H42N2O3. The molecule has 5 aliphatic rings. The van der Waals surface area contributed by atoms with Crippen LogP contribution in [0.15, 0.2) is 52.2 Å². The number of anilines is 1. The molecule has 0 bridgehead atoms. The molecule has 1 saturated heterocycles. The van der Waals surface area contributed by atoms with Crippen LogP contribution in [-0.2, 0) is 4.79 Å². The maximum absolute atomic E-state index is 13.4. The maximum atomic E-state index is 13.4. The molecular weight excluding hydrogens is 484 g/mol. The molecule has 206 valence electrons. The van der Waals surface area contributed by atoms with Gasteiger partial charge in [0.1, 0.15) is 12.4 Å². The molecule has 0 radical (unpaired) electrons. The van der Waals surface area contributed by atoms with Gasteiger partial charge in [-0.15, -0.1) is 0 Å². The minimum atomic E-state index is -0.706. The van der Waals surface area contributed by atoms with E-state index in [1.807, 2.05) is 0 Å². The highest BCUT2D eigenvalue weighted by Gasteiger charge is 2.64. The van der Waals surface area contributed by atoms with Gasteiger partial charge in [-0.1, -0.05) is 41.6 Å². The molecule has 1 heterocycles. The monoisotopic (exact) mass is 526 g/mol. The zero-order valence-electron chi connectivity index (χ0n) is 23.5. The number of hydrogen-bond acceptors (Lipinski definition) is 5. The van der Waals surface area contributed by atoms with E-state index in [9.17, 15) is 15.1 Å². The molecule has 6 rings (SSSR count). The topological polar surface area (TPSA) is 73.1 Å². The van der Waals surface area contributed by atoms with Gasteiger partial charge in [0, 0.05) is 24.7 Å². The lowest BCUT2D eigenvalue weighted by molar-refractivity contribution is -0.130. The number of nitrogens with zero attached hydrogens (tertiary/aromatic N) is 2. The number of carbonyl (C=O) groups is 1. The van der Waals surface area contributed by atoms with Gasteiger partial charge in [-0.2, -0.15) is 0 Å². The molecule has 0 aromatic heterocycles. The highest BCUT2D eigenvalue weighted by molar-refractivity contribution is 5.97. The second kappa shape index (κ2) is 10.3. The third-order valence-electron chi connectivity index (χ3n) is 11.1. The molecule has 5 heteroatoms. The number of benzene rings is 1. The fraction of sp³-hybridized carbons (Fsp3) is 0.588. The lowest BCUT2D eigenvalue weighted by Crippen LogP contribution is -2.50. The molecule has 1 aliphatic heterocycles. The van der Waals surface area contributed by atoms with Crippen molar-refractivity contribution in [1.82, 2.24) is 0 Å². The number of allylic oxidation sites excluding steroid dienone is 4. The normalized spacial score (nSPS) is 34.9. The van der Waals surface area contributed by atoms with E-state index in [1.54, 1.807) is 12.5 Å². The first-order chi connectivity index (χ1) is 18.9. The maximum Gasteiger partial charge on any atom is 0.148 e. The number of aliphatic hydroxyl groups is 1. The summed E-state index contributed by atoms with van der Waals surface area (Å²) in [5, 5.41) is 22.6. The van der Waals surface area contributed by atoms with Crippen LogP contribution in [0.4, 0.5) is 5.69 Å². The molecule has 2 N–H and O–H groups in total. The van der Waals surface area contributed by atoms with Gasteiger partial charge >= 0.3 is 0 Å². The van der Waals surface area contributed by atoms with Crippen molar-refractivity contribution >= 4 is 17.2 Å². The summed E-state index contributed by atoms with van der Waals surface area (Å²) < 4.78 is 0. The molecule has 0 amide bonds. The van der Waals surface area contributed by atoms with Crippen LogP contribution in [0.25, 0.3) is 0 Å². The van der Waals surface area contributed by atoms with Crippen LogP contribution in [0, 0.1) is 34.5 Å². The van der Waals surface area contributed by atoms with Crippen LogP contribution in [-0.4, -0.2) is 41.5 Å². The van der Waals surface area contributed by atoms with E-state index < -0.39 is 5.41 Å². The number of rotatable bonds is 3. The first-order valence-corrected chi connectivity index (χ1v) is 15.0. The Kier molecular flexibility index (Phi) is 6.96. The van der Waals surface area contributed by atoms with E-state index in [0.717, 1.165) is 63.7 Å². The Morgan fingerprint density at radius 1 is 1.10 bits per heavy atom. The summed E-state index contributed by atoms with van der Waals surface area (Å²) in [6.07, 6.45) is 12.4. The van der Waals surface area contributed by atoms with Crippen LogP contribution in [0.5, 0.6) is 0 Å². The van der Waals surface area contributed by atoms with E-state index >= 15 is 0 Å². The summed E-state index contributed by atoms with van der Waals surface area (Å²) in [5.74, 6) is 7.47. The second-order valence-electron chi connectivity index (χ2n) is 12.7. The predicted molar refractivity (Wildman–Crippen MR) is 155 cm³/mol. The third kappa shape index (κ3) is 4.18. The van der Waals surface area contributed by atoms with Crippen LogP contribution >= 0.6 is 0 Å². The summed E-state index contributed by atoms with van der Waals surface area (Å²) in [4.78, 5) is 15.9. The average Bonchev–Trinajstić information content (AvgIpc) is 3.28. The van der Waals surface area contributed by atoms with E-state index in [-0.39, 0.29) is 23.7 Å². The number of ketones is 1. The minimum absolute atomic E-state index is 0.154. The summed E-state index contributed by atoms with van der Waals surface area (Å²) in [5.41, 5.74) is 6.87. The molecule has 4 aliphatic carbocycles. The lowest BCUT2D eigenvalue weighted by atomic mass is 9.48. The molecule has 2 saturated carbocycles. The molecule has 0 unspecified atom stereocenters. The number of hydrogen-bond donors (Lipinski definition) is 2. The summed E-state index contributed by atoms with van der Waals surface area (Å²) >= 11 is 0. The SMILES string of the molecule is CC(=O)[C@@]1(C#CCO)CC[C@H]2[C@@H]3CCC4=CC(=NO)CCC4=C3[C@@H](c3ccc(N4CCCCC4)cc3)C[C@@]21C. The molecule has 1 aromatic carbocycles. The zero-order chi connectivity index (χ0) is 27.2. The van der Waals surface area contributed by atoms with Crippen molar-refractivity contribution < 1.29 is 15.1 Å². The Hall–Kier alpha value is -2.84. The van der Waals surface area contributed by atoms with Gasteiger partial charge in [0.05, 0.1) is 11.1 Å². The summed E-state index contributed by atoms with van der Waals surface area (Å²) in [6, 6.07) is 9.30. The van der Waals surface area contributed by atoms with Crippen molar-refractivity contribution in [2.24, 2.45) is 27.8 Å². The molecule has 0 spiro atoms. The third-order valence-corrected chi connectivity index (χ3v) is 11.1. The van der Waals surface area contributed by atoms with Gasteiger partial charge in [-0.3, -0.25) is 4.79 Å². The molecule has 5 atom stereocenters. The number of piperidine rings is 1. The number of aliphatic hydroxyl groups excluding tert-OH is 1. The van der Waals surface area contributed by atoms with Crippen molar-refractivity contribution in [2.75, 3.05) is 24.6 Å². The largest absolute Gasteiger partial charge is 0.411 e. The van der Waals surface area contributed by atoms with Gasteiger partial charge in [0.15, 0.2) is 0 Å². The van der Waals surface area contributed by atoms with Crippen LogP contribution < -0.4 is 4.90 Å². The van der Waals surface area contributed by atoms with Crippen LogP contribution in [0.1, 0.15) is 89.5 Å². The number of carbonyl (C=O) groups excluding carboxylic acids is 1. The molecule has 3 fully saturated rings. The number of fused-ring (bicyclic) bond motifs is 4. The van der Waals surface area contributed by atoms with Gasteiger partial charge < -0.3 is 15.2 Å². The molecule has 39 heavy (non-hydrogen) atoms. The van der Waals surface area contributed by atoms with Gasteiger partial charge in [-0.05, 0) is 123 Å².